The van der Waals surface area contributed by atoms with E-state index in [1.165, 1.54) is 0 Å². The normalized spacial score (nSPS) is 13.8. The molecule has 0 spiro atoms. The molecule has 1 fully saturated rings. The quantitative estimate of drug-likeness (QED) is 0.723. The van der Waals surface area contributed by atoms with E-state index in [0.29, 0.717) is 24.5 Å². The summed E-state index contributed by atoms with van der Waals surface area (Å²) in [6.45, 7) is 2.86. The maximum absolute atomic E-state index is 12.8. The van der Waals surface area contributed by atoms with Crippen LogP contribution >= 0.6 is 0 Å². The van der Waals surface area contributed by atoms with Gasteiger partial charge in [-0.2, -0.15) is 0 Å². The highest BCUT2D eigenvalue weighted by molar-refractivity contribution is 5.94. The number of carbonyl (C=O) groups excluding carboxylic acids is 1. The van der Waals surface area contributed by atoms with Crippen molar-refractivity contribution in [3.63, 3.8) is 0 Å². The van der Waals surface area contributed by atoms with Crippen molar-refractivity contribution in [1.82, 2.24) is 14.9 Å². The van der Waals surface area contributed by atoms with E-state index in [9.17, 15) is 4.79 Å². The Hall–Kier alpha value is -3.61. The number of rotatable bonds is 5. The number of hydrogen-bond acceptors (Lipinski definition) is 6. The molecule has 0 atom stereocenters. The van der Waals surface area contributed by atoms with Gasteiger partial charge in [0.05, 0.1) is 18.4 Å². The first-order valence-corrected chi connectivity index (χ1v) is 9.56. The number of aromatic nitrogens is 2. The molecule has 7 heteroatoms. The minimum atomic E-state index is 0.00186. The van der Waals surface area contributed by atoms with E-state index in [1.807, 2.05) is 53.4 Å². The number of pyridine rings is 2. The summed E-state index contributed by atoms with van der Waals surface area (Å²) in [5.41, 5.74) is 1.41. The zero-order chi connectivity index (χ0) is 20.1. The SMILES string of the molecule is COc1ccccc1Nc1ccc(C(=O)N2CCN(c3ccccn3)CC2)cn1. The molecule has 1 aliphatic rings. The summed E-state index contributed by atoms with van der Waals surface area (Å²) in [6.07, 6.45) is 3.41. The first kappa shape index (κ1) is 18.7. The van der Waals surface area contributed by atoms with Crippen LogP contribution in [0.25, 0.3) is 0 Å². The fourth-order valence-corrected chi connectivity index (χ4v) is 3.34. The van der Waals surface area contributed by atoms with Gasteiger partial charge in [0.2, 0.25) is 0 Å². The average Bonchev–Trinajstić information content (AvgIpc) is 2.80. The predicted octanol–water partition coefficient (Wildman–Crippen LogP) is 3.19. The van der Waals surface area contributed by atoms with Crippen LogP contribution in [-0.2, 0) is 0 Å². The van der Waals surface area contributed by atoms with E-state index in [0.717, 1.165) is 30.3 Å². The summed E-state index contributed by atoms with van der Waals surface area (Å²) in [5, 5.41) is 3.22. The Bertz CT molecular complexity index is 954. The molecule has 0 unspecified atom stereocenters. The Morgan fingerprint density at radius 3 is 2.45 bits per heavy atom. The van der Waals surface area contributed by atoms with Gasteiger partial charge in [-0.15, -0.1) is 0 Å². The summed E-state index contributed by atoms with van der Waals surface area (Å²) < 4.78 is 5.34. The molecule has 0 radical (unpaired) electrons. The molecule has 148 valence electrons. The van der Waals surface area contributed by atoms with Crippen LogP contribution in [0.4, 0.5) is 17.3 Å². The van der Waals surface area contributed by atoms with E-state index < -0.39 is 0 Å². The van der Waals surface area contributed by atoms with E-state index in [4.69, 9.17) is 4.74 Å². The largest absolute Gasteiger partial charge is 0.495 e. The minimum Gasteiger partial charge on any atom is -0.495 e. The Balaban J connectivity index is 1.37. The lowest BCUT2D eigenvalue weighted by Gasteiger charge is -2.35. The molecule has 4 rings (SSSR count). The van der Waals surface area contributed by atoms with Gasteiger partial charge in [0, 0.05) is 38.6 Å². The number of benzene rings is 1. The van der Waals surface area contributed by atoms with Gasteiger partial charge >= 0.3 is 0 Å². The first-order chi connectivity index (χ1) is 14.2. The Labute approximate surface area is 170 Å². The lowest BCUT2D eigenvalue weighted by Crippen LogP contribution is -2.49. The van der Waals surface area contributed by atoms with Crippen molar-refractivity contribution in [3.05, 3.63) is 72.6 Å². The number of piperazine rings is 1. The maximum atomic E-state index is 12.8. The molecular formula is C22H23N5O2. The Kier molecular flexibility index (Phi) is 5.56. The Morgan fingerprint density at radius 2 is 1.76 bits per heavy atom. The van der Waals surface area contributed by atoms with Crippen molar-refractivity contribution in [2.24, 2.45) is 0 Å². The lowest BCUT2D eigenvalue weighted by molar-refractivity contribution is 0.0746. The van der Waals surface area contributed by atoms with Gasteiger partial charge < -0.3 is 19.9 Å². The number of nitrogens with one attached hydrogen (secondary N) is 1. The fourth-order valence-electron chi connectivity index (χ4n) is 3.34. The number of carbonyl (C=O) groups is 1. The van der Waals surface area contributed by atoms with Crippen LogP contribution in [0.1, 0.15) is 10.4 Å². The lowest BCUT2D eigenvalue weighted by atomic mass is 10.2. The molecule has 0 aliphatic carbocycles. The maximum Gasteiger partial charge on any atom is 0.255 e. The average molecular weight is 389 g/mol. The van der Waals surface area contributed by atoms with Gasteiger partial charge in [0.1, 0.15) is 17.4 Å². The zero-order valence-corrected chi connectivity index (χ0v) is 16.3. The molecule has 1 N–H and O–H groups in total. The van der Waals surface area contributed by atoms with Gasteiger partial charge in [-0.05, 0) is 36.4 Å². The molecule has 0 bridgehead atoms. The number of hydrogen-bond donors (Lipinski definition) is 1. The Morgan fingerprint density at radius 1 is 0.966 bits per heavy atom. The van der Waals surface area contributed by atoms with Crippen LogP contribution in [0.5, 0.6) is 5.75 Å². The summed E-state index contributed by atoms with van der Waals surface area (Å²) in [5.74, 6) is 2.35. The summed E-state index contributed by atoms with van der Waals surface area (Å²) in [7, 11) is 1.63. The number of amides is 1. The predicted molar refractivity (Wildman–Crippen MR) is 113 cm³/mol. The van der Waals surface area contributed by atoms with Crippen molar-refractivity contribution < 1.29 is 9.53 Å². The molecule has 1 aromatic carbocycles. The summed E-state index contributed by atoms with van der Waals surface area (Å²) in [6, 6.07) is 17.1. The molecule has 3 heterocycles. The zero-order valence-electron chi connectivity index (χ0n) is 16.3. The van der Waals surface area contributed by atoms with Crippen LogP contribution in [0, 0.1) is 0 Å². The van der Waals surface area contributed by atoms with Crippen LogP contribution < -0.4 is 15.0 Å². The minimum absolute atomic E-state index is 0.00186. The second-order valence-corrected chi connectivity index (χ2v) is 6.72. The third kappa shape index (κ3) is 4.29. The third-order valence-electron chi connectivity index (χ3n) is 4.92. The molecule has 2 aromatic heterocycles. The molecule has 1 aliphatic heterocycles. The van der Waals surface area contributed by atoms with Gasteiger partial charge in [0.15, 0.2) is 0 Å². The number of ether oxygens (including phenoxy) is 1. The summed E-state index contributed by atoms with van der Waals surface area (Å²) >= 11 is 0. The van der Waals surface area contributed by atoms with E-state index in [2.05, 4.69) is 20.2 Å². The van der Waals surface area contributed by atoms with E-state index in [1.54, 1.807) is 25.6 Å². The van der Waals surface area contributed by atoms with Gasteiger partial charge in [-0.1, -0.05) is 18.2 Å². The summed E-state index contributed by atoms with van der Waals surface area (Å²) in [4.78, 5) is 25.7. The number of anilines is 3. The first-order valence-electron chi connectivity index (χ1n) is 9.56. The monoisotopic (exact) mass is 389 g/mol. The molecule has 1 amide bonds. The fraction of sp³-hybridized carbons (Fsp3) is 0.227. The van der Waals surface area contributed by atoms with Crippen LogP contribution in [0.2, 0.25) is 0 Å². The second kappa shape index (κ2) is 8.60. The number of para-hydroxylation sites is 2. The molecule has 7 nitrogen and oxygen atoms in total. The van der Waals surface area contributed by atoms with Crippen LogP contribution in [0.15, 0.2) is 67.0 Å². The molecule has 1 saturated heterocycles. The van der Waals surface area contributed by atoms with Crippen LogP contribution in [0.3, 0.4) is 0 Å². The molecular weight excluding hydrogens is 366 g/mol. The third-order valence-corrected chi connectivity index (χ3v) is 4.92. The van der Waals surface area contributed by atoms with Gasteiger partial charge in [-0.3, -0.25) is 4.79 Å². The van der Waals surface area contributed by atoms with Gasteiger partial charge in [0.25, 0.3) is 5.91 Å². The van der Waals surface area contributed by atoms with Crippen molar-refractivity contribution in [2.75, 3.05) is 43.5 Å². The highest BCUT2D eigenvalue weighted by atomic mass is 16.5. The molecule has 3 aromatic rings. The van der Waals surface area contributed by atoms with E-state index in [-0.39, 0.29) is 5.91 Å². The smallest absolute Gasteiger partial charge is 0.255 e. The van der Waals surface area contributed by atoms with E-state index >= 15 is 0 Å². The van der Waals surface area contributed by atoms with Crippen molar-refractivity contribution in [3.8, 4) is 5.75 Å². The molecule has 29 heavy (non-hydrogen) atoms. The van der Waals surface area contributed by atoms with Crippen molar-refractivity contribution in [1.29, 1.82) is 0 Å². The topological polar surface area (TPSA) is 70.6 Å². The standard InChI is InChI=1S/C22H23N5O2/c1-29-19-7-3-2-6-18(19)25-20-10-9-17(16-24-20)22(28)27-14-12-26(13-15-27)21-8-4-5-11-23-21/h2-11,16H,12-15H2,1H3,(H,24,25). The molecule has 0 saturated carbocycles. The van der Waals surface area contributed by atoms with Gasteiger partial charge in [-0.25, -0.2) is 9.97 Å². The van der Waals surface area contributed by atoms with Crippen molar-refractivity contribution >= 4 is 23.2 Å². The number of methoxy groups -OCH3 is 1. The second-order valence-electron chi connectivity index (χ2n) is 6.72. The van der Waals surface area contributed by atoms with Crippen molar-refractivity contribution in [2.45, 2.75) is 0 Å². The number of nitrogens with zero attached hydrogens (tertiary/aromatic N) is 4. The van der Waals surface area contributed by atoms with Crippen LogP contribution in [-0.4, -0.2) is 54.1 Å². The highest BCUT2D eigenvalue weighted by Gasteiger charge is 2.23. The highest BCUT2D eigenvalue weighted by Crippen LogP contribution is 2.26.